The number of aliphatic hydroxyl groups is 1. The van der Waals surface area contributed by atoms with Gasteiger partial charge in [0, 0.05) is 6.07 Å². The molecule has 0 fully saturated rings. The third kappa shape index (κ3) is 1.55. The molecule has 86 valence electrons. The van der Waals surface area contributed by atoms with Gasteiger partial charge in [-0.15, -0.1) is 0 Å². The molecular weight excluding hydrogens is 208 g/mol. The summed E-state index contributed by atoms with van der Waals surface area (Å²) in [5.41, 5.74) is -0.328. The highest BCUT2D eigenvalue weighted by Gasteiger charge is 2.39. The fourth-order valence-corrected chi connectivity index (χ4v) is 1.68. The Kier molecular flexibility index (Phi) is 2.59. The van der Waals surface area contributed by atoms with E-state index < -0.39 is 5.41 Å². The van der Waals surface area contributed by atoms with Crippen molar-refractivity contribution in [3.8, 4) is 11.5 Å². The minimum atomic E-state index is -0.832. The van der Waals surface area contributed by atoms with Crippen LogP contribution < -0.4 is 9.47 Å². The average molecular weight is 222 g/mol. The van der Waals surface area contributed by atoms with E-state index in [1.54, 1.807) is 32.2 Å². The van der Waals surface area contributed by atoms with Crippen LogP contribution in [0.25, 0.3) is 0 Å². The molecule has 0 aliphatic carbocycles. The summed E-state index contributed by atoms with van der Waals surface area (Å²) in [6, 6.07) is 5.07. The Morgan fingerprint density at radius 2 is 2.31 bits per heavy atom. The Hall–Kier alpha value is -1.55. The predicted octanol–water partition coefficient (Wildman–Crippen LogP) is 1.27. The maximum Gasteiger partial charge on any atom is 0.178 e. The smallest absolute Gasteiger partial charge is 0.178 e. The zero-order valence-electron chi connectivity index (χ0n) is 9.32. The minimum Gasteiger partial charge on any atom is -0.497 e. The molecule has 0 aromatic heterocycles. The van der Waals surface area contributed by atoms with Gasteiger partial charge in [0.25, 0.3) is 0 Å². The topological polar surface area (TPSA) is 55.8 Å². The van der Waals surface area contributed by atoms with Crippen LogP contribution in [0.2, 0.25) is 0 Å². The molecule has 0 amide bonds. The number of rotatable bonds is 2. The van der Waals surface area contributed by atoms with Crippen molar-refractivity contribution in [3.05, 3.63) is 23.8 Å². The van der Waals surface area contributed by atoms with Crippen molar-refractivity contribution in [2.24, 2.45) is 5.41 Å². The number of aliphatic hydroxyl groups excluding tert-OH is 1. The summed E-state index contributed by atoms with van der Waals surface area (Å²) in [4.78, 5) is 12.1. The summed E-state index contributed by atoms with van der Waals surface area (Å²) in [5.74, 6) is 1.09. The van der Waals surface area contributed by atoms with Crippen LogP contribution in [0.15, 0.2) is 18.2 Å². The number of carbonyl (C=O) groups excluding carboxylic acids is 1. The summed E-state index contributed by atoms with van der Waals surface area (Å²) < 4.78 is 10.5. The molecule has 0 radical (unpaired) electrons. The SMILES string of the molecule is COc1ccc2c(c1)OC[C@@](C)(CO)C2=O. The van der Waals surface area contributed by atoms with Crippen molar-refractivity contribution in [1.29, 1.82) is 0 Å². The van der Waals surface area contributed by atoms with E-state index in [1.165, 1.54) is 0 Å². The maximum absolute atomic E-state index is 12.1. The molecule has 1 atom stereocenters. The van der Waals surface area contributed by atoms with Crippen molar-refractivity contribution < 1.29 is 19.4 Å². The Morgan fingerprint density at radius 3 is 2.94 bits per heavy atom. The number of hydrogen-bond acceptors (Lipinski definition) is 4. The van der Waals surface area contributed by atoms with Crippen LogP contribution in [0.4, 0.5) is 0 Å². The minimum absolute atomic E-state index is 0.0843. The highest BCUT2D eigenvalue weighted by atomic mass is 16.5. The van der Waals surface area contributed by atoms with E-state index in [1.807, 2.05) is 0 Å². The lowest BCUT2D eigenvalue weighted by atomic mass is 9.82. The molecule has 4 heteroatoms. The third-order valence-electron chi connectivity index (χ3n) is 2.88. The van der Waals surface area contributed by atoms with E-state index in [4.69, 9.17) is 9.47 Å². The normalized spacial score (nSPS) is 23.6. The zero-order valence-corrected chi connectivity index (χ0v) is 9.32. The maximum atomic E-state index is 12.1. The highest BCUT2D eigenvalue weighted by Crippen LogP contribution is 2.36. The van der Waals surface area contributed by atoms with Crippen LogP contribution in [0.1, 0.15) is 17.3 Å². The molecule has 4 nitrogen and oxygen atoms in total. The molecular formula is C12H14O4. The van der Waals surface area contributed by atoms with Gasteiger partial charge in [0.1, 0.15) is 18.1 Å². The lowest BCUT2D eigenvalue weighted by molar-refractivity contribution is 0.0454. The molecule has 0 spiro atoms. The number of hydrogen-bond donors (Lipinski definition) is 1. The molecule has 1 heterocycles. The van der Waals surface area contributed by atoms with Gasteiger partial charge in [-0.3, -0.25) is 4.79 Å². The fraction of sp³-hybridized carbons (Fsp3) is 0.417. The highest BCUT2D eigenvalue weighted by molar-refractivity contribution is 6.03. The van der Waals surface area contributed by atoms with Gasteiger partial charge in [-0.05, 0) is 19.1 Å². The van der Waals surface area contributed by atoms with Gasteiger partial charge in [0.15, 0.2) is 5.78 Å². The van der Waals surface area contributed by atoms with Crippen LogP contribution in [-0.2, 0) is 0 Å². The molecule has 0 saturated heterocycles. The van der Waals surface area contributed by atoms with Gasteiger partial charge in [0.05, 0.1) is 24.7 Å². The number of ketones is 1. The number of ether oxygens (including phenoxy) is 2. The largest absolute Gasteiger partial charge is 0.497 e. The first kappa shape index (κ1) is 11.0. The van der Waals surface area contributed by atoms with Crippen molar-refractivity contribution >= 4 is 5.78 Å². The first-order chi connectivity index (χ1) is 7.60. The standard InChI is InChI=1S/C12H14O4/c1-12(6-13)7-16-10-5-8(15-2)3-4-9(10)11(12)14/h3-5,13H,6-7H2,1-2H3/t12-/m1/s1. The summed E-state index contributed by atoms with van der Waals surface area (Å²) in [6.45, 7) is 1.68. The molecule has 0 saturated carbocycles. The molecule has 1 aliphatic rings. The van der Waals surface area contributed by atoms with Crippen LogP contribution >= 0.6 is 0 Å². The lowest BCUT2D eigenvalue weighted by Crippen LogP contribution is -2.41. The molecule has 1 N–H and O–H groups in total. The first-order valence-electron chi connectivity index (χ1n) is 5.07. The van der Waals surface area contributed by atoms with Gasteiger partial charge in [-0.25, -0.2) is 0 Å². The predicted molar refractivity (Wildman–Crippen MR) is 58.0 cm³/mol. The Labute approximate surface area is 93.8 Å². The van der Waals surface area contributed by atoms with Crippen molar-refractivity contribution in [2.75, 3.05) is 20.3 Å². The molecule has 1 aromatic carbocycles. The molecule has 16 heavy (non-hydrogen) atoms. The van der Waals surface area contributed by atoms with Gasteiger partial charge >= 0.3 is 0 Å². The summed E-state index contributed by atoms with van der Waals surface area (Å²) in [5, 5.41) is 9.22. The van der Waals surface area contributed by atoms with Crippen molar-refractivity contribution in [3.63, 3.8) is 0 Å². The number of carbonyl (C=O) groups is 1. The first-order valence-corrected chi connectivity index (χ1v) is 5.07. The van der Waals surface area contributed by atoms with E-state index in [9.17, 15) is 9.90 Å². The third-order valence-corrected chi connectivity index (χ3v) is 2.88. The number of methoxy groups -OCH3 is 1. The van der Waals surface area contributed by atoms with Gasteiger partial charge in [-0.1, -0.05) is 0 Å². The second-order valence-electron chi connectivity index (χ2n) is 4.20. The Morgan fingerprint density at radius 1 is 1.56 bits per heavy atom. The molecule has 0 unspecified atom stereocenters. The summed E-state index contributed by atoms with van der Waals surface area (Å²) in [6.07, 6.45) is 0. The van der Waals surface area contributed by atoms with Crippen LogP contribution in [-0.4, -0.2) is 31.2 Å². The Balaban J connectivity index is 2.43. The number of benzene rings is 1. The number of Topliss-reactive ketones (excluding diaryl/α,β-unsaturated/α-hetero) is 1. The van der Waals surface area contributed by atoms with E-state index in [0.29, 0.717) is 17.1 Å². The number of fused-ring (bicyclic) bond motifs is 1. The molecule has 0 bridgehead atoms. The second kappa shape index (κ2) is 3.79. The lowest BCUT2D eigenvalue weighted by Gasteiger charge is -2.31. The van der Waals surface area contributed by atoms with E-state index in [0.717, 1.165) is 0 Å². The summed E-state index contributed by atoms with van der Waals surface area (Å²) in [7, 11) is 1.56. The monoisotopic (exact) mass is 222 g/mol. The van der Waals surface area contributed by atoms with E-state index in [2.05, 4.69) is 0 Å². The van der Waals surface area contributed by atoms with E-state index >= 15 is 0 Å². The Bertz CT molecular complexity index is 427. The van der Waals surface area contributed by atoms with Crippen LogP contribution in [0.3, 0.4) is 0 Å². The van der Waals surface area contributed by atoms with Gasteiger partial charge in [-0.2, -0.15) is 0 Å². The van der Waals surface area contributed by atoms with Crippen molar-refractivity contribution in [2.45, 2.75) is 6.92 Å². The van der Waals surface area contributed by atoms with Crippen LogP contribution in [0.5, 0.6) is 11.5 Å². The molecule has 1 aromatic rings. The van der Waals surface area contributed by atoms with Gasteiger partial charge in [0.2, 0.25) is 0 Å². The molecule has 2 rings (SSSR count). The van der Waals surface area contributed by atoms with E-state index in [-0.39, 0.29) is 19.0 Å². The van der Waals surface area contributed by atoms with Gasteiger partial charge < -0.3 is 14.6 Å². The zero-order chi connectivity index (χ0) is 11.8. The van der Waals surface area contributed by atoms with Crippen LogP contribution in [0, 0.1) is 5.41 Å². The average Bonchev–Trinajstić information content (AvgIpc) is 2.33. The molecule has 1 aliphatic heterocycles. The quantitative estimate of drug-likeness (QED) is 0.818. The van der Waals surface area contributed by atoms with Crippen molar-refractivity contribution in [1.82, 2.24) is 0 Å². The second-order valence-corrected chi connectivity index (χ2v) is 4.20. The fourth-order valence-electron chi connectivity index (χ4n) is 1.68. The summed E-state index contributed by atoms with van der Waals surface area (Å²) >= 11 is 0.